The zero-order valence-corrected chi connectivity index (χ0v) is 14.1. The lowest BCUT2D eigenvalue weighted by Crippen LogP contribution is -2.17. The van der Waals surface area contributed by atoms with Crippen LogP contribution in [0.2, 0.25) is 0 Å². The van der Waals surface area contributed by atoms with Gasteiger partial charge < -0.3 is 13.8 Å². The van der Waals surface area contributed by atoms with Gasteiger partial charge in [0.1, 0.15) is 0 Å². The Kier molecular flexibility index (Phi) is 6.40. The second-order valence-corrected chi connectivity index (χ2v) is 7.62. The summed E-state index contributed by atoms with van der Waals surface area (Å²) in [6.45, 7) is 8.31. The first kappa shape index (κ1) is 17.4. The van der Waals surface area contributed by atoms with Crippen LogP contribution >= 0.6 is 18.9 Å². The van der Waals surface area contributed by atoms with Crippen LogP contribution in [0, 0.1) is 0 Å². The first-order valence-corrected chi connectivity index (χ1v) is 8.96. The van der Waals surface area contributed by atoms with Gasteiger partial charge in [-0.1, -0.05) is 0 Å². The molecular weight excluding hydrogens is 299 g/mol. The van der Waals surface area contributed by atoms with Crippen molar-refractivity contribution in [1.29, 1.82) is 0 Å². The SMILES string of the molecule is CC(=O)OC(c1ccsc1)P(=O)(OC(C)C)OC(C)C. The molecule has 0 amide bonds. The van der Waals surface area contributed by atoms with Gasteiger partial charge in [-0.25, -0.2) is 0 Å². The summed E-state index contributed by atoms with van der Waals surface area (Å²) in [6.07, 6.45) is -0.618. The highest BCUT2D eigenvalue weighted by molar-refractivity contribution is 7.54. The molecule has 1 heterocycles. The second kappa shape index (κ2) is 7.36. The number of carbonyl (C=O) groups excluding carboxylic acids is 1. The fourth-order valence-electron chi connectivity index (χ4n) is 1.61. The molecular formula is C13H21O5PS. The summed E-state index contributed by atoms with van der Waals surface area (Å²) >= 11 is 1.43. The monoisotopic (exact) mass is 320 g/mol. The van der Waals surface area contributed by atoms with Crippen LogP contribution in [0.25, 0.3) is 0 Å². The van der Waals surface area contributed by atoms with Crippen LogP contribution in [0.3, 0.4) is 0 Å². The molecule has 20 heavy (non-hydrogen) atoms. The maximum absolute atomic E-state index is 13.1. The normalized spacial score (nSPS) is 13.8. The van der Waals surface area contributed by atoms with E-state index in [1.807, 2.05) is 5.38 Å². The summed E-state index contributed by atoms with van der Waals surface area (Å²) in [6, 6.07) is 1.75. The minimum atomic E-state index is -3.62. The van der Waals surface area contributed by atoms with Crippen LogP contribution in [0.4, 0.5) is 0 Å². The fraction of sp³-hybridized carbons (Fsp3) is 0.615. The molecule has 5 nitrogen and oxygen atoms in total. The van der Waals surface area contributed by atoms with Gasteiger partial charge in [0.15, 0.2) is 0 Å². The van der Waals surface area contributed by atoms with Crippen molar-refractivity contribution in [2.45, 2.75) is 52.7 Å². The zero-order valence-electron chi connectivity index (χ0n) is 12.4. The highest BCUT2D eigenvalue weighted by Crippen LogP contribution is 2.63. The minimum Gasteiger partial charge on any atom is -0.445 e. The van der Waals surface area contributed by atoms with Crippen molar-refractivity contribution in [3.63, 3.8) is 0 Å². The van der Waals surface area contributed by atoms with E-state index in [1.165, 1.54) is 18.3 Å². The third kappa shape index (κ3) is 5.02. The molecule has 0 aliphatic rings. The van der Waals surface area contributed by atoms with Crippen molar-refractivity contribution in [2.75, 3.05) is 0 Å². The third-order valence-corrected chi connectivity index (χ3v) is 5.22. The van der Waals surface area contributed by atoms with E-state index in [-0.39, 0.29) is 12.2 Å². The molecule has 0 fully saturated rings. The summed E-state index contributed by atoms with van der Waals surface area (Å²) in [5.74, 6) is -1.56. The maximum Gasteiger partial charge on any atom is 0.376 e. The van der Waals surface area contributed by atoms with Gasteiger partial charge in [0.05, 0.1) is 12.2 Å². The lowest BCUT2D eigenvalue weighted by molar-refractivity contribution is -0.144. The largest absolute Gasteiger partial charge is 0.445 e. The van der Waals surface area contributed by atoms with Crippen molar-refractivity contribution >= 4 is 24.9 Å². The minimum absolute atomic E-state index is 0.309. The predicted molar refractivity (Wildman–Crippen MR) is 78.9 cm³/mol. The van der Waals surface area contributed by atoms with Crippen molar-refractivity contribution in [3.8, 4) is 0 Å². The molecule has 1 aromatic heterocycles. The van der Waals surface area contributed by atoms with Crippen LogP contribution < -0.4 is 0 Å². The lowest BCUT2D eigenvalue weighted by atomic mass is 10.4. The number of rotatable bonds is 7. The van der Waals surface area contributed by atoms with E-state index < -0.39 is 19.4 Å². The van der Waals surface area contributed by atoms with Crippen molar-refractivity contribution in [3.05, 3.63) is 22.4 Å². The summed E-state index contributed by atoms with van der Waals surface area (Å²) in [5.41, 5.74) is 0.620. The Morgan fingerprint density at radius 1 is 1.20 bits per heavy atom. The Hall–Kier alpha value is -0.680. The van der Waals surface area contributed by atoms with Crippen LogP contribution in [0.15, 0.2) is 16.8 Å². The number of thiophene rings is 1. The van der Waals surface area contributed by atoms with E-state index in [4.69, 9.17) is 13.8 Å². The highest BCUT2D eigenvalue weighted by atomic mass is 32.1. The molecule has 7 heteroatoms. The Morgan fingerprint density at radius 3 is 2.10 bits per heavy atom. The Balaban J connectivity index is 3.15. The molecule has 0 radical (unpaired) electrons. The summed E-state index contributed by atoms with van der Waals surface area (Å²) < 4.78 is 29.3. The standard InChI is InChI=1S/C13H21O5PS/c1-9(2)17-19(15,18-10(3)4)13(16-11(5)14)12-6-7-20-8-12/h6-10,13H,1-5H3. The molecule has 0 spiro atoms. The molecule has 0 N–H and O–H groups in total. The number of hydrogen-bond donors (Lipinski definition) is 0. The third-order valence-electron chi connectivity index (χ3n) is 2.11. The van der Waals surface area contributed by atoms with E-state index in [2.05, 4.69) is 0 Å². The average molecular weight is 320 g/mol. The number of ether oxygens (including phenoxy) is 1. The van der Waals surface area contributed by atoms with Gasteiger partial charge in [0.2, 0.25) is 5.85 Å². The van der Waals surface area contributed by atoms with Crippen LogP contribution in [0.5, 0.6) is 0 Å². The summed E-state index contributed by atoms with van der Waals surface area (Å²) in [7, 11) is -3.62. The number of hydrogen-bond acceptors (Lipinski definition) is 6. The van der Waals surface area contributed by atoms with Gasteiger partial charge in [0, 0.05) is 12.5 Å². The van der Waals surface area contributed by atoms with Crippen LogP contribution in [0.1, 0.15) is 46.0 Å². The Morgan fingerprint density at radius 2 is 1.75 bits per heavy atom. The number of carbonyl (C=O) groups is 1. The van der Waals surface area contributed by atoms with Crippen LogP contribution in [-0.2, 0) is 23.1 Å². The van der Waals surface area contributed by atoms with Gasteiger partial charge >= 0.3 is 13.6 Å². The van der Waals surface area contributed by atoms with Crippen LogP contribution in [-0.4, -0.2) is 18.2 Å². The smallest absolute Gasteiger partial charge is 0.376 e. The van der Waals surface area contributed by atoms with Gasteiger partial charge in [0.25, 0.3) is 0 Å². The molecule has 1 rings (SSSR count). The molecule has 114 valence electrons. The van der Waals surface area contributed by atoms with E-state index in [0.717, 1.165) is 0 Å². The van der Waals surface area contributed by atoms with Gasteiger partial charge in [-0.15, -0.1) is 0 Å². The molecule has 1 atom stereocenters. The van der Waals surface area contributed by atoms with Gasteiger partial charge in [-0.2, -0.15) is 11.3 Å². The lowest BCUT2D eigenvalue weighted by Gasteiger charge is -2.28. The average Bonchev–Trinajstić information content (AvgIpc) is 2.75. The predicted octanol–water partition coefficient (Wildman–Crippen LogP) is 4.35. The van der Waals surface area contributed by atoms with Crippen molar-refractivity contribution in [2.24, 2.45) is 0 Å². The van der Waals surface area contributed by atoms with Crippen molar-refractivity contribution in [1.82, 2.24) is 0 Å². The topological polar surface area (TPSA) is 61.8 Å². The van der Waals surface area contributed by atoms with Gasteiger partial charge in [-0.05, 0) is 44.5 Å². The summed E-state index contributed by atoms with van der Waals surface area (Å²) in [4.78, 5) is 11.3. The molecule has 0 aliphatic heterocycles. The van der Waals surface area contributed by atoms with Crippen molar-refractivity contribution < 1.29 is 23.1 Å². The molecule has 1 aromatic rings. The quantitative estimate of drug-likeness (QED) is 0.552. The molecule has 1 unspecified atom stereocenters. The van der Waals surface area contributed by atoms with E-state index in [0.29, 0.717) is 5.56 Å². The molecule has 0 saturated carbocycles. The fourth-order valence-corrected chi connectivity index (χ4v) is 4.63. The zero-order chi connectivity index (χ0) is 15.3. The maximum atomic E-state index is 13.1. The molecule has 0 aromatic carbocycles. The molecule has 0 bridgehead atoms. The van der Waals surface area contributed by atoms with E-state index >= 15 is 0 Å². The van der Waals surface area contributed by atoms with E-state index in [9.17, 15) is 9.36 Å². The van der Waals surface area contributed by atoms with E-state index in [1.54, 1.807) is 39.1 Å². The summed E-state index contributed by atoms with van der Waals surface area (Å²) in [5, 5.41) is 3.59. The van der Waals surface area contributed by atoms with Gasteiger partial charge in [-0.3, -0.25) is 9.36 Å². The molecule has 0 aliphatic carbocycles. The molecule has 0 saturated heterocycles. The second-order valence-electron chi connectivity index (χ2n) is 4.87. The first-order chi connectivity index (χ1) is 9.24. The first-order valence-electron chi connectivity index (χ1n) is 6.40. The number of esters is 1. The Labute approximate surface area is 123 Å². The Bertz CT molecular complexity index is 455. The highest BCUT2D eigenvalue weighted by Gasteiger charge is 2.42.